The maximum absolute atomic E-state index is 10.7. The van der Waals surface area contributed by atoms with Gasteiger partial charge in [-0.2, -0.15) is 0 Å². The van der Waals surface area contributed by atoms with Gasteiger partial charge in [0.05, 0.1) is 11.1 Å². The maximum Gasteiger partial charge on any atom is 0.335 e. The van der Waals surface area contributed by atoms with Gasteiger partial charge in [-0.05, 0) is 12.1 Å². The molecule has 0 aliphatic rings. The molecule has 0 bridgehead atoms. The van der Waals surface area contributed by atoms with Crippen LogP contribution in [0.1, 0.15) is 20.7 Å². The second-order valence-electron chi connectivity index (χ2n) is 2.70. The van der Waals surface area contributed by atoms with Crippen molar-refractivity contribution in [2.45, 2.75) is 6.82 Å². The van der Waals surface area contributed by atoms with Gasteiger partial charge in [-0.15, -0.1) is 0 Å². The first-order chi connectivity index (χ1) is 6.56. The number of carboxylic acids is 2. The van der Waals surface area contributed by atoms with Crippen molar-refractivity contribution < 1.29 is 19.8 Å². The fourth-order valence-electron chi connectivity index (χ4n) is 1.13. The molecule has 0 fully saturated rings. The molecule has 0 unspecified atom stereocenters. The molecule has 0 saturated heterocycles. The van der Waals surface area contributed by atoms with E-state index in [1.165, 1.54) is 18.2 Å². The Balaban J connectivity index is 3.25. The molecule has 0 spiro atoms. The molecular formula is C9H8BO4. The fourth-order valence-corrected chi connectivity index (χ4v) is 1.13. The first kappa shape index (κ1) is 10.3. The van der Waals surface area contributed by atoms with Crippen LogP contribution >= 0.6 is 0 Å². The van der Waals surface area contributed by atoms with E-state index in [1.54, 1.807) is 14.1 Å². The van der Waals surface area contributed by atoms with Crippen LogP contribution in [0.5, 0.6) is 0 Å². The number of rotatable bonds is 3. The summed E-state index contributed by atoms with van der Waals surface area (Å²) in [7, 11) is 1.57. The Morgan fingerprint density at radius 1 is 1.21 bits per heavy atom. The second kappa shape index (κ2) is 3.96. The Morgan fingerprint density at radius 3 is 2.29 bits per heavy atom. The Morgan fingerprint density at radius 2 is 1.86 bits per heavy atom. The predicted octanol–water partition coefficient (Wildman–Crippen LogP) is 0.461. The van der Waals surface area contributed by atoms with Gasteiger partial charge < -0.3 is 10.2 Å². The molecule has 0 atom stereocenters. The van der Waals surface area contributed by atoms with Crippen molar-refractivity contribution >= 4 is 24.7 Å². The summed E-state index contributed by atoms with van der Waals surface area (Å²) < 4.78 is 0. The van der Waals surface area contributed by atoms with E-state index in [2.05, 4.69) is 0 Å². The number of hydrogen-bond acceptors (Lipinski definition) is 2. The minimum absolute atomic E-state index is 0.0862. The van der Waals surface area contributed by atoms with Crippen LogP contribution < -0.4 is 5.46 Å². The van der Waals surface area contributed by atoms with Gasteiger partial charge >= 0.3 is 11.9 Å². The third-order valence-corrected chi connectivity index (χ3v) is 1.84. The summed E-state index contributed by atoms with van der Waals surface area (Å²) in [6, 6.07) is 3.91. The van der Waals surface area contributed by atoms with Crippen LogP contribution in [0.3, 0.4) is 0 Å². The molecule has 5 heteroatoms. The molecule has 0 saturated carbocycles. The number of benzene rings is 1. The van der Waals surface area contributed by atoms with E-state index < -0.39 is 11.9 Å². The van der Waals surface area contributed by atoms with E-state index in [-0.39, 0.29) is 11.1 Å². The van der Waals surface area contributed by atoms with Crippen molar-refractivity contribution in [3.05, 3.63) is 29.3 Å². The zero-order valence-corrected chi connectivity index (χ0v) is 7.52. The van der Waals surface area contributed by atoms with Gasteiger partial charge in [0.1, 0.15) is 7.28 Å². The monoisotopic (exact) mass is 191 g/mol. The Labute approximate surface area is 81.4 Å². The summed E-state index contributed by atoms with van der Waals surface area (Å²) in [4.78, 5) is 21.3. The Kier molecular flexibility index (Phi) is 2.91. The van der Waals surface area contributed by atoms with Crippen molar-refractivity contribution in [1.29, 1.82) is 0 Å². The van der Waals surface area contributed by atoms with E-state index in [0.717, 1.165) is 0 Å². The first-order valence-corrected chi connectivity index (χ1v) is 3.96. The van der Waals surface area contributed by atoms with Gasteiger partial charge in [0.15, 0.2) is 0 Å². The smallest absolute Gasteiger partial charge is 0.335 e. The van der Waals surface area contributed by atoms with Crippen LogP contribution in [0, 0.1) is 0 Å². The number of hydrogen-bond donors (Lipinski definition) is 2. The summed E-state index contributed by atoms with van der Waals surface area (Å²) >= 11 is 0. The average Bonchev–Trinajstić information content (AvgIpc) is 2.16. The molecule has 1 radical (unpaired) electrons. The van der Waals surface area contributed by atoms with Crippen LogP contribution in [-0.4, -0.2) is 29.4 Å². The van der Waals surface area contributed by atoms with E-state index in [4.69, 9.17) is 10.2 Å². The molecule has 0 amide bonds. The molecule has 1 rings (SSSR count). The largest absolute Gasteiger partial charge is 0.478 e. The highest BCUT2D eigenvalue weighted by Crippen LogP contribution is 2.02. The van der Waals surface area contributed by atoms with E-state index >= 15 is 0 Å². The van der Waals surface area contributed by atoms with Crippen molar-refractivity contribution in [3.63, 3.8) is 0 Å². The van der Waals surface area contributed by atoms with Gasteiger partial charge in [0.2, 0.25) is 0 Å². The Bertz CT molecular complexity index is 386. The molecule has 0 heterocycles. The van der Waals surface area contributed by atoms with Crippen LogP contribution in [0.2, 0.25) is 6.82 Å². The standard InChI is InChI=1S/C9H8BO4/c1-10-7-4-5(8(11)12)2-3-6(7)9(13)14/h2-4H,1H3,(H,11,12)(H,13,14). The molecule has 1 aromatic carbocycles. The summed E-state index contributed by atoms with van der Waals surface area (Å²) in [5.41, 5.74) is 0.609. The molecule has 71 valence electrons. The van der Waals surface area contributed by atoms with Crippen molar-refractivity contribution in [2.75, 3.05) is 0 Å². The lowest BCUT2D eigenvalue weighted by Crippen LogP contribution is -2.22. The normalized spacial score (nSPS) is 9.50. The number of aromatic carboxylic acids is 2. The maximum atomic E-state index is 10.7. The van der Waals surface area contributed by atoms with E-state index in [1.807, 2.05) is 0 Å². The third-order valence-electron chi connectivity index (χ3n) is 1.84. The zero-order chi connectivity index (χ0) is 10.7. The van der Waals surface area contributed by atoms with Crippen molar-refractivity contribution in [2.24, 2.45) is 0 Å². The number of carboxylic acid groups (broad SMARTS) is 2. The summed E-state index contributed by atoms with van der Waals surface area (Å²) in [5.74, 6) is -2.12. The minimum Gasteiger partial charge on any atom is -0.478 e. The highest BCUT2D eigenvalue weighted by Gasteiger charge is 2.11. The quantitative estimate of drug-likeness (QED) is 0.680. The lowest BCUT2D eigenvalue weighted by molar-refractivity contribution is 0.0682. The van der Waals surface area contributed by atoms with E-state index in [0.29, 0.717) is 5.46 Å². The molecular weight excluding hydrogens is 183 g/mol. The van der Waals surface area contributed by atoms with Crippen molar-refractivity contribution in [3.8, 4) is 0 Å². The SMILES string of the molecule is C[B]c1cc(C(=O)O)ccc1C(=O)O. The average molecular weight is 191 g/mol. The van der Waals surface area contributed by atoms with Gasteiger partial charge in [-0.3, -0.25) is 0 Å². The topological polar surface area (TPSA) is 74.6 Å². The second-order valence-corrected chi connectivity index (χ2v) is 2.70. The molecule has 2 N–H and O–H groups in total. The molecule has 0 aromatic heterocycles. The first-order valence-electron chi connectivity index (χ1n) is 3.96. The van der Waals surface area contributed by atoms with E-state index in [9.17, 15) is 9.59 Å². The summed E-state index contributed by atoms with van der Waals surface area (Å²) in [6.45, 7) is 1.66. The van der Waals surface area contributed by atoms with Gasteiger partial charge in [0, 0.05) is 0 Å². The summed E-state index contributed by atoms with van der Waals surface area (Å²) in [6.07, 6.45) is 0. The molecule has 14 heavy (non-hydrogen) atoms. The van der Waals surface area contributed by atoms with Crippen LogP contribution in [0.15, 0.2) is 18.2 Å². The van der Waals surface area contributed by atoms with Crippen LogP contribution in [-0.2, 0) is 0 Å². The highest BCUT2D eigenvalue weighted by atomic mass is 16.4. The van der Waals surface area contributed by atoms with Gasteiger partial charge in [0.25, 0.3) is 0 Å². The van der Waals surface area contributed by atoms with Crippen LogP contribution in [0.4, 0.5) is 0 Å². The summed E-state index contributed by atoms with van der Waals surface area (Å²) in [5, 5.41) is 17.4. The highest BCUT2D eigenvalue weighted by molar-refractivity contribution is 6.54. The fraction of sp³-hybridized carbons (Fsp3) is 0.111. The van der Waals surface area contributed by atoms with Gasteiger partial charge in [-0.25, -0.2) is 9.59 Å². The molecule has 1 aromatic rings. The number of carbonyl (C=O) groups is 2. The van der Waals surface area contributed by atoms with Gasteiger partial charge in [-0.1, -0.05) is 18.4 Å². The molecule has 0 aliphatic heterocycles. The molecule has 0 aliphatic carbocycles. The lowest BCUT2D eigenvalue weighted by atomic mass is 9.70. The third kappa shape index (κ3) is 1.93. The zero-order valence-electron chi connectivity index (χ0n) is 7.52. The van der Waals surface area contributed by atoms with Crippen molar-refractivity contribution in [1.82, 2.24) is 0 Å². The Hall–Kier alpha value is -1.78. The molecule has 4 nitrogen and oxygen atoms in total. The predicted molar refractivity (Wildman–Crippen MR) is 51.6 cm³/mol. The van der Waals surface area contributed by atoms with Crippen LogP contribution in [0.25, 0.3) is 0 Å². The minimum atomic E-state index is -1.06. The lowest BCUT2D eigenvalue weighted by Gasteiger charge is -2.03.